The van der Waals surface area contributed by atoms with E-state index in [1.807, 2.05) is 0 Å². The zero-order valence-corrected chi connectivity index (χ0v) is 14.0. The van der Waals surface area contributed by atoms with Crippen LogP contribution in [0.4, 0.5) is 0 Å². The average Bonchev–Trinajstić information content (AvgIpc) is 1.96. The van der Waals surface area contributed by atoms with Crippen molar-refractivity contribution in [3.63, 3.8) is 0 Å². The first kappa shape index (κ1) is 12.5. The lowest BCUT2D eigenvalue weighted by Gasteiger charge is -2.10. The van der Waals surface area contributed by atoms with Gasteiger partial charge in [0.2, 0.25) is 0 Å². The summed E-state index contributed by atoms with van der Waals surface area (Å²) in [6.45, 7) is 4.54. The van der Waals surface area contributed by atoms with Crippen LogP contribution in [0.2, 0.25) is 0 Å². The van der Waals surface area contributed by atoms with Gasteiger partial charge in [-0.3, -0.25) is 0 Å². The summed E-state index contributed by atoms with van der Waals surface area (Å²) in [7, 11) is 0. The van der Waals surface area contributed by atoms with Gasteiger partial charge in [0.15, 0.2) is 0 Å². The summed E-state index contributed by atoms with van der Waals surface area (Å²) in [4.78, 5) is 0. The van der Waals surface area contributed by atoms with Crippen molar-refractivity contribution < 1.29 is 0 Å². The molecule has 0 nitrogen and oxygen atoms in total. The molecule has 0 saturated heterocycles. The van der Waals surface area contributed by atoms with Crippen molar-refractivity contribution >= 4 is 67.8 Å². The van der Waals surface area contributed by atoms with Gasteiger partial charge in [-0.25, -0.2) is 0 Å². The maximum atomic E-state index is 2.44. The molecule has 0 amide bonds. The molecule has 13 heavy (non-hydrogen) atoms. The van der Waals surface area contributed by atoms with E-state index in [-0.39, 0.29) is 0 Å². The van der Waals surface area contributed by atoms with E-state index in [0.29, 0.717) is 0 Å². The molecule has 0 spiro atoms. The Labute approximate surface area is 121 Å². The second-order valence-corrected chi connectivity index (χ2v) is 7.02. The van der Waals surface area contributed by atoms with Crippen molar-refractivity contribution in [2.45, 2.75) is 20.3 Å². The molecule has 0 aliphatic rings. The van der Waals surface area contributed by atoms with Crippen molar-refractivity contribution in [2.75, 3.05) is 0 Å². The molecule has 0 aliphatic carbocycles. The molecule has 0 aliphatic heterocycles. The fraction of sp³-hybridized carbons (Fsp3) is 0.400. The van der Waals surface area contributed by atoms with Gasteiger partial charge < -0.3 is 0 Å². The largest absolute Gasteiger partial charge is 0.0625 e. The van der Waals surface area contributed by atoms with Gasteiger partial charge in [-0.15, -0.1) is 0 Å². The smallest absolute Gasteiger partial charge is 0.0183 e. The molecule has 72 valence electrons. The summed E-state index contributed by atoms with van der Waals surface area (Å²) in [5.74, 6) is 0.738. The number of halogens is 3. The Balaban J connectivity index is 3.06. The van der Waals surface area contributed by atoms with Crippen molar-refractivity contribution in [3.8, 4) is 0 Å². The van der Waals surface area contributed by atoms with Crippen LogP contribution in [0.3, 0.4) is 0 Å². The highest BCUT2D eigenvalue weighted by atomic mass is 127. The van der Waals surface area contributed by atoms with Gasteiger partial charge in [-0.1, -0.05) is 13.8 Å². The second kappa shape index (κ2) is 5.48. The first-order chi connectivity index (χ1) is 6.00. The summed E-state index contributed by atoms with van der Waals surface area (Å²) < 4.78 is 4.14. The Morgan fingerprint density at radius 2 is 1.54 bits per heavy atom. The predicted octanol–water partition coefficient (Wildman–Crippen LogP) is 4.70. The van der Waals surface area contributed by atoms with Crippen LogP contribution in [0.1, 0.15) is 19.4 Å². The average molecular weight is 512 g/mol. The van der Waals surface area contributed by atoms with E-state index in [1.54, 1.807) is 0 Å². The maximum absolute atomic E-state index is 2.44. The lowest BCUT2D eigenvalue weighted by atomic mass is 10.0. The lowest BCUT2D eigenvalue weighted by molar-refractivity contribution is 0.643. The summed E-state index contributed by atoms with van der Waals surface area (Å²) in [5, 5.41) is 0. The zero-order valence-electron chi connectivity index (χ0n) is 7.57. The van der Waals surface area contributed by atoms with Gasteiger partial charge in [-0.2, -0.15) is 0 Å². The van der Waals surface area contributed by atoms with E-state index in [4.69, 9.17) is 0 Å². The highest BCUT2D eigenvalue weighted by molar-refractivity contribution is 14.1. The first-order valence-electron chi connectivity index (χ1n) is 4.14. The van der Waals surface area contributed by atoms with Crippen LogP contribution in [0.15, 0.2) is 12.1 Å². The van der Waals surface area contributed by atoms with Gasteiger partial charge in [0, 0.05) is 10.7 Å². The van der Waals surface area contributed by atoms with Crippen LogP contribution in [0, 0.1) is 16.6 Å². The normalized spacial score (nSPS) is 10.9. The molecular formula is C10H11I3. The van der Waals surface area contributed by atoms with Crippen molar-refractivity contribution in [1.29, 1.82) is 0 Å². The molecule has 1 aromatic rings. The van der Waals surface area contributed by atoms with E-state index in [9.17, 15) is 0 Å². The minimum absolute atomic E-state index is 0.738. The summed E-state index contributed by atoms with van der Waals surface area (Å²) in [6, 6.07) is 4.50. The molecule has 0 heterocycles. The van der Waals surface area contributed by atoms with Crippen LogP contribution in [-0.2, 0) is 6.42 Å². The molecule has 1 aromatic carbocycles. The van der Waals surface area contributed by atoms with Gasteiger partial charge >= 0.3 is 0 Å². The highest BCUT2D eigenvalue weighted by Crippen LogP contribution is 2.24. The molecule has 0 saturated carbocycles. The molecule has 3 heteroatoms. The highest BCUT2D eigenvalue weighted by Gasteiger charge is 2.07. The summed E-state index contributed by atoms with van der Waals surface area (Å²) in [5.41, 5.74) is 1.51. The molecule has 0 N–H and O–H groups in total. The van der Waals surface area contributed by atoms with E-state index in [2.05, 4.69) is 93.8 Å². The van der Waals surface area contributed by atoms with Crippen molar-refractivity contribution in [1.82, 2.24) is 0 Å². The molecular weight excluding hydrogens is 501 g/mol. The third kappa shape index (κ3) is 3.81. The second-order valence-electron chi connectivity index (χ2n) is 3.45. The number of hydrogen-bond donors (Lipinski definition) is 0. The summed E-state index contributed by atoms with van der Waals surface area (Å²) >= 11 is 7.24. The first-order valence-corrected chi connectivity index (χ1v) is 7.37. The topological polar surface area (TPSA) is 0 Å². The third-order valence-electron chi connectivity index (χ3n) is 1.72. The monoisotopic (exact) mass is 512 g/mol. The van der Waals surface area contributed by atoms with Gasteiger partial charge in [0.25, 0.3) is 0 Å². The quantitative estimate of drug-likeness (QED) is 0.505. The van der Waals surface area contributed by atoms with Crippen LogP contribution in [0.25, 0.3) is 0 Å². The Morgan fingerprint density at radius 1 is 1.08 bits per heavy atom. The van der Waals surface area contributed by atoms with Crippen LogP contribution < -0.4 is 0 Å². The zero-order chi connectivity index (χ0) is 10.0. The molecule has 0 unspecified atom stereocenters. The molecule has 0 radical (unpaired) electrons. The van der Waals surface area contributed by atoms with E-state index in [1.165, 1.54) is 22.7 Å². The molecule has 1 rings (SSSR count). The predicted molar refractivity (Wildman–Crippen MR) is 83.1 cm³/mol. The molecule has 0 atom stereocenters. The SMILES string of the molecule is CC(C)Cc1c(I)cc(I)cc1I. The van der Waals surface area contributed by atoms with Crippen molar-refractivity contribution in [2.24, 2.45) is 5.92 Å². The number of benzene rings is 1. The number of hydrogen-bond acceptors (Lipinski definition) is 0. The fourth-order valence-corrected chi connectivity index (χ4v) is 5.20. The van der Waals surface area contributed by atoms with Crippen LogP contribution in [0.5, 0.6) is 0 Å². The molecule has 0 bridgehead atoms. The third-order valence-corrected chi connectivity index (χ3v) is 4.27. The Kier molecular flexibility index (Phi) is 5.26. The van der Waals surface area contributed by atoms with Gasteiger partial charge in [-0.05, 0) is 97.8 Å². The van der Waals surface area contributed by atoms with Gasteiger partial charge in [0.05, 0.1) is 0 Å². The minimum Gasteiger partial charge on any atom is -0.0625 e. The van der Waals surface area contributed by atoms with Crippen LogP contribution >= 0.6 is 67.8 Å². The minimum atomic E-state index is 0.738. The molecule has 0 aromatic heterocycles. The number of rotatable bonds is 2. The van der Waals surface area contributed by atoms with Crippen LogP contribution in [-0.4, -0.2) is 0 Å². The lowest BCUT2D eigenvalue weighted by Crippen LogP contribution is -2.00. The fourth-order valence-electron chi connectivity index (χ4n) is 1.18. The van der Waals surface area contributed by atoms with Gasteiger partial charge in [0.1, 0.15) is 0 Å². The van der Waals surface area contributed by atoms with E-state index in [0.717, 1.165) is 5.92 Å². The Bertz CT molecular complexity index is 282. The summed E-state index contributed by atoms with van der Waals surface area (Å²) in [6.07, 6.45) is 1.19. The molecule has 0 fully saturated rings. The standard InChI is InChI=1S/C10H11I3/c1-6(2)3-8-9(12)4-7(11)5-10(8)13/h4-6H,3H2,1-2H3. The Hall–Kier alpha value is 1.41. The van der Waals surface area contributed by atoms with Crippen molar-refractivity contribution in [3.05, 3.63) is 28.4 Å². The van der Waals surface area contributed by atoms with E-state index >= 15 is 0 Å². The Morgan fingerprint density at radius 3 is 1.92 bits per heavy atom. The maximum Gasteiger partial charge on any atom is 0.0183 e. The van der Waals surface area contributed by atoms with E-state index < -0.39 is 0 Å².